The molecule has 1 atom stereocenters. The highest BCUT2D eigenvalue weighted by molar-refractivity contribution is 7.09. The third kappa shape index (κ3) is 3.79. The zero-order chi connectivity index (χ0) is 17.7. The van der Waals surface area contributed by atoms with Gasteiger partial charge in [0.1, 0.15) is 5.82 Å². The Morgan fingerprint density at radius 2 is 1.83 bits per heavy atom. The van der Waals surface area contributed by atoms with E-state index in [0.29, 0.717) is 17.7 Å². The lowest BCUT2D eigenvalue weighted by Crippen LogP contribution is -2.38. The predicted octanol–water partition coefficient (Wildman–Crippen LogP) is 2.08. The number of allylic oxidation sites excluding steroid dienone is 1. The molecular weight excluding hydrogens is 328 g/mol. The Balaban J connectivity index is 2.45. The van der Waals surface area contributed by atoms with Crippen LogP contribution in [-0.2, 0) is 25.5 Å². The summed E-state index contributed by atoms with van der Waals surface area (Å²) in [4.78, 5) is 25.9. The van der Waals surface area contributed by atoms with Gasteiger partial charge >= 0.3 is 11.9 Å². The van der Waals surface area contributed by atoms with E-state index in [1.807, 2.05) is 17.5 Å². The number of thiophene rings is 1. The van der Waals surface area contributed by atoms with E-state index in [0.717, 1.165) is 4.88 Å². The van der Waals surface area contributed by atoms with E-state index in [-0.39, 0.29) is 24.6 Å². The van der Waals surface area contributed by atoms with Crippen molar-refractivity contribution in [3.8, 4) is 0 Å². The molecule has 0 radical (unpaired) electrons. The first-order valence-corrected chi connectivity index (χ1v) is 8.71. The number of carbonyl (C=O) groups is 2. The molecule has 1 aromatic rings. The van der Waals surface area contributed by atoms with E-state index in [2.05, 4.69) is 5.32 Å². The molecule has 130 valence electrons. The van der Waals surface area contributed by atoms with Gasteiger partial charge in [-0.25, -0.2) is 9.59 Å². The summed E-state index contributed by atoms with van der Waals surface area (Å²) in [6, 6.07) is 3.89. The first kappa shape index (κ1) is 18.1. The molecule has 1 aliphatic rings. The van der Waals surface area contributed by atoms with E-state index in [1.54, 1.807) is 32.1 Å². The van der Waals surface area contributed by atoms with Gasteiger partial charge in [-0.1, -0.05) is 6.07 Å². The summed E-state index contributed by atoms with van der Waals surface area (Å²) in [6.07, 6.45) is 0.486. The molecule has 0 fully saturated rings. The molecule has 0 aliphatic carbocycles. The first-order chi connectivity index (χ1) is 11.5. The molecule has 7 heteroatoms. The van der Waals surface area contributed by atoms with Crippen molar-refractivity contribution in [3.63, 3.8) is 0 Å². The largest absolute Gasteiger partial charge is 0.463 e. The maximum atomic E-state index is 12.4. The SMILES string of the molecule is CCOC(=O)C1=C(C)NC(N)=C(C(=O)OCC)C1Cc1cccs1. The van der Waals surface area contributed by atoms with Crippen molar-refractivity contribution in [1.82, 2.24) is 5.32 Å². The van der Waals surface area contributed by atoms with Crippen LogP contribution in [0.15, 0.2) is 40.2 Å². The lowest BCUT2D eigenvalue weighted by atomic mass is 9.83. The van der Waals surface area contributed by atoms with Gasteiger partial charge in [-0.15, -0.1) is 11.3 Å². The number of dihydropyridines is 1. The topological polar surface area (TPSA) is 90.6 Å². The summed E-state index contributed by atoms with van der Waals surface area (Å²) >= 11 is 1.56. The number of hydrogen-bond acceptors (Lipinski definition) is 7. The van der Waals surface area contributed by atoms with Crippen molar-refractivity contribution in [2.75, 3.05) is 13.2 Å². The highest BCUT2D eigenvalue weighted by atomic mass is 32.1. The molecule has 0 amide bonds. The smallest absolute Gasteiger partial charge is 0.338 e. The highest BCUT2D eigenvalue weighted by Crippen LogP contribution is 2.33. The molecular formula is C17H22N2O4S. The van der Waals surface area contributed by atoms with Crippen molar-refractivity contribution >= 4 is 23.3 Å². The number of esters is 2. The molecule has 24 heavy (non-hydrogen) atoms. The quantitative estimate of drug-likeness (QED) is 0.764. The number of nitrogens with two attached hydrogens (primary N) is 1. The van der Waals surface area contributed by atoms with Crippen LogP contribution in [0, 0.1) is 5.92 Å². The number of ether oxygens (including phenoxy) is 2. The summed E-state index contributed by atoms with van der Waals surface area (Å²) in [5.74, 6) is -1.24. The molecule has 1 aromatic heterocycles. The molecule has 2 rings (SSSR count). The summed E-state index contributed by atoms with van der Waals surface area (Å²) in [7, 11) is 0. The fourth-order valence-electron chi connectivity index (χ4n) is 2.73. The Hall–Kier alpha value is -2.28. The van der Waals surface area contributed by atoms with Gasteiger partial charge in [0, 0.05) is 16.5 Å². The third-order valence-electron chi connectivity index (χ3n) is 3.69. The molecule has 1 aliphatic heterocycles. The summed E-state index contributed by atoms with van der Waals surface area (Å²) in [6.45, 7) is 5.72. The molecule has 0 saturated carbocycles. The minimum absolute atomic E-state index is 0.223. The predicted molar refractivity (Wildman–Crippen MR) is 91.8 cm³/mol. The van der Waals surface area contributed by atoms with Crippen LogP contribution in [-0.4, -0.2) is 25.2 Å². The average molecular weight is 350 g/mol. The van der Waals surface area contributed by atoms with Gasteiger partial charge in [0.15, 0.2) is 0 Å². The third-order valence-corrected chi connectivity index (χ3v) is 4.59. The Morgan fingerprint density at radius 3 is 2.38 bits per heavy atom. The van der Waals surface area contributed by atoms with Crippen LogP contribution in [0.5, 0.6) is 0 Å². The second kappa shape index (κ2) is 8.01. The number of carbonyl (C=O) groups excluding carboxylic acids is 2. The van der Waals surface area contributed by atoms with Crippen molar-refractivity contribution in [3.05, 3.63) is 45.1 Å². The standard InChI is InChI=1S/C17H22N2O4S/c1-4-22-16(20)13-10(3)19-15(18)14(17(21)23-5-2)12(13)9-11-7-6-8-24-11/h6-8,12,19H,4-5,9,18H2,1-3H3. The van der Waals surface area contributed by atoms with Crippen LogP contribution in [0.25, 0.3) is 0 Å². The van der Waals surface area contributed by atoms with E-state index in [1.165, 1.54) is 0 Å². The van der Waals surface area contributed by atoms with Gasteiger partial charge in [0.25, 0.3) is 0 Å². The minimum atomic E-state index is -0.515. The lowest BCUT2D eigenvalue weighted by Gasteiger charge is -2.29. The normalized spacial score (nSPS) is 17.5. The monoisotopic (exact) mass is 350 g/mol. The van der Waals surface area contributed by atoms with Gasteiger partial charge in [-0.3, -0.25) is 0 Å². The van der Waals surface area contributed by atoms with E-state index in [9.17, 15) is 9.59 Å². The Morgan fingerprint density at radius 1 is 1.21 bits per heavy atom. The second-order valence-electron chi connectivity index (χ2n) is 5.27. The molecule has 2 heterocycles. The summed E-state index contributed by atoms with van der Waals surface area (Å²) < 4.78 is 10.3. The zero-order valence-electron chi connectivity index (χ0n) is 14.0. The molecule has 6 nitrogen and oxygen atoms in total. The minimum Gasteiger partial charge on any atom is -0.463 e. The highest BCUT2D eigenvalue weighted by Gasteiger charge is 2.37. The van der Waals surface area contributed by atoms with Crippen LogP contribution in [0.2, 0.25) is 0 Å². The number of hydrogen-bond donors (Lipinski definition) is 2. The first-order valence-electron chi connectivity index (χ1n) is 7.83. The molecule has 3 N–H and O–H groups in total. The second-order valence-corrected chi connectivity index (χ2v) is 6.30. The van der Waals surface area contributed by atoms with Crippen molar-refractivity contribution in [2.45, 2.75) is 27.2 Å². The summed E-state index contributed by atoms with van der Waals surface area (Å²) in [5.41, 5.74) is 7.33. The maximum absolute atomic E-state index is 12.4. The molecule has 0 aromatic carbocycles. The van der Waals surface area contributed by atoms with Gasteiger partial charge in [-0.2, -0.15) is 0 Å². The van der Waals surface area contributed by atoms with Crippen molar-refractivity contribution in [2.24, 2.45) is 11.7 Å². The average Bonchev–Trinajstić information content (AvgIpc) is 3.00. The Bertz CT molecular complexity index is 637. The van der Waals surface area contributed by atoms with Crippen LogP contribution in [0.1, 0.15) is 25.6 Å². The summed E-state index contributed by atoms with van der Waals surface area (Å²) in [5, 5.41) is 4.86. The van der Waals surface area contributed by atoms with Gasteiger partial charge in [-0.05, 0) is 38.6 Å². The molecule has 0 spiro atoms. The van der Waals surface area contributed by atoms with E-state index >= 15 is 0 Å². The van der Waals surface area contributed by atoms with Crippen LogP contribution in [0.3, 0.4) is 0 Å². The van der Waals surface area contributed by atoms with Gasteiger partial charge in [0.05, 0.1) is 24.4 Å². The Labute approximate surface area is 145 Å². The van der Waals surface area contributed by atoms with Crippen LogP contribution in [0.4, 0.5) is 0 Å². The van der Waals surface area contributed by atoms with Crippen molar-refractivity contribution < 1.29 is 19.1 Å². The van der Waals surface area contributed by atoms with Gasteiger partial charge in [0.2, 0.25) is 0 Å². The Kier molecular flexibility index (Phi) is 6.03. The fourth-order valence-corrected chi connectivity index (χ4v) is 3.48. The van der Waals surface area contributed by atoms with E-state index in [4.69, 9.17) is 15.2 Å². The van der Waals surface area contributed by atoms with E-state index < -0.39 is 17.9 Å². The molecule has 0 saturated heterocycles. The van der Waals surface area contributed by atoms with Crippen molar-refractivity contribution in [1.29, 1.82) is 0 Å². The molecule has 0 bridgehead atoms. The fraction of sp³-hybridized carbons (Fsp3) is 0.412. The van der Waals surface area contributed by atoms with Crippen LogP contribution < -0.4 is 11.1 Å². The van der Waals surface area contributed by atoms with Crippen LogP contribution >= 0.6 is 11.3 Å². The number of nitrogens with one attached hydrogen (secondary N) is 1. The zero-order valence-corrected chi connectivity index (χ0v) is 14.9. The number of rotatable bonds is 6. The maximum Gasteiger partial charge on any atom is 0.338 e. The molecule has 1 unspecified atom stereocenters. The lowest BCUT2D eigenvalue weighted by molar-refractivity contribution is -0.140. The van der Waals surface area contributed by atoms with Gasteiger partial charge < -0.3 is 20.5 Å².